The van der Waals surface area contributed by atoms with Crippen LogP contribution in [0.15, 0.2) is 30.3 Å². The van der Waals surface area contributed by atoms with E-state index >= 15 is 0 Å². The van der Waals surface area contributed by atoms with Crippen LogP contribution in [0.5, 0.6) is 0 Å². The Kier molecular flexibility index (Phi) is 5.87. The number of amides is 1. The maximum Gasteiger partial charge on any atom is 0.242 e. The van der Waals surface area contributed by atoms with Gasteiger partial charge in [0, 0.05) is 25.3 Å². The number of piperidine rings is 1. The van der Waals surface area contributed by atoms with E-state index in [4.69, 9.17) is 5.73 Å². The first kappa shape index (κ1) is 14.9. The molecular formula is C16H25N3O. The number of hydrogen-bond donors (Lipinski definition) is 1. The molecule has 0 spiro atoms. The number of likely N-dealkylation sites (tertiary alicyclic amines) is 1. The van der Waals surface area contributed by atoms with Gasteiger partial charge in [-0.3, -0.25) is 4.79 Å². The lowest BCUT2D eigenvalue weighted by Gasteiger charge is -2.31. The van der Waals surface area contributed by atoms with Gasteiger partial charge in [-0.05, 0) is 44.4 Å². The summed E-state index contributed by atoms with van der Waals surface area (Å²) in [6.07, 6.45) is 4.43. The van der Waals surface area contributed by atoms with E-state index in [0.29, 0.717) is 13.1 Å². The third-order valence-electron chi connectivity index (χ3n) is 3.79. The highest BCUT2D eigenvalue weighted by Gasteiger charge is 2.19. The Morgan fingerprint density at radius 2 is 1.85 bits per heavy atom. The van der Waals surface area contributed by atoms with Crippen molar-refractivity contribution in [2.45, 2.75) is 25.7 Å². The van der Waals surface area contributed by atoms with Crippen LogP contribution < -0.4 is 10.6 Å². The predicted molar refractivity (Wildman–Crippen MR) is 82.8 cm³/mol. The highest BCUT2D eigenvalue weighted by atomic mass is 16.2. The van der Waals surface area contributed by atoms with E-state index in [2.05, 4.69) is 17.0 Å². The number of hydrogen-bond acceptors (Lipinski definition) is 3. The van der Waals surface area contributed by atoms with Crippen LogP contribution in [-0.2, 0) is 4.79 Å². The summed E-state index contributed by atoms with van der Waals surface area (Å²) in [4.78, 5) is 16.5. The number of carbonyl (C=O) groups is 1. The van der Waals surface area contributed by atoms with Gasteiger partial charge in [0.25, 0.3) is 0 Å². The van der Waals surface area contributed by atoms with Gasteiger partial charge in [0.15, 0.2) is 0 Å². The van der Waals surface area contributed by atoms with Gasteiger partial charge in [-0.15, -0.1) is 0 Å². The quantitative estimate of drug-likeness (QED) is 0.862. The summed E-state index contributed by atoms with van der Waals surface area (Å²) in [6, 6.07) is 10.1. The molecule has 1 saturated heterocycles. The van der Waals surface area contributed by atoms with Gasteiger partial charge in [-0.2, -0.15) is 0 Å². The standard InChI is InChI=1S/C16H25N3O/c17-10-7-13-19(15-8-3-1-4-9-15)14-16(20)18-11-5-2-6-12-18/h1,3-4,8-9H,2,5-7,10-14,17H2. The third kappa shape index (κ3) is 4.23. The molecule has 1 aromatic rings. The minimum absolute atomic E-state index is 0.241. The van der Waals surface area contributed by atoms with Crippen LogP contribution in [-0.4, -0.2) is 43.5 Å². The molecule has 0 aliphatic carbocycles. The van der Waals surface area contributed by atoms with Gasteiger partial charge < -0.3 is 15.5 Å². The highest BCUT2D eigenvalue weighted by Crippen LogP contribution is 2.15. The monoisotopic (exact) mass is 275 g/mol. The molecule has 0 radical (unpaired) electrons. The summed E-state index contributed by atoms with van der Waals surface area (Å²) < 4.78 is 0. The van der Waals surface area contributed by atoms with Gasteiger partial charge in [-0.1, -0.05) is 18.2 Å². The Hall–Kier alpha value is -1.55. The lowest BCUT2D eigenvalue weighted by molar-refractivity contribution is -0.130. The molecule has 0 saturated carbocycles. The molecular weight excluding hydrogens is 250 g/mol. The molecule has 4 heteroatoms. The second-order valence-electron chi connectivity index (χ2n) is 5.34. The summed E-state index contributed by atoms with van der Waals surface area (Å²) in [5.41, 5.74) is 6.71. The number of anilines is 1. The largest absolute Gasteiger partial charge is 0.362 e. The van der Waals surface area contributed by atoms with Crippen molar-refractivity contribution >= 4 is 11.6 Å². The molecule has 0 aromatic heterocycles. The van der Waals surface area contributed by atoms with Crippen molar-refractivity contribution in [1.82, 2.24) is 4.90 Å². The van der Waals surface area contributed by atoms with Gasteiger partial charge in [0.05, 0.1) is 6.54 Å². The van der Waals surface area contributed by atoms with Crippen LogP contribution in [0.1, 0.15) is 25.7 Å². The first-order valence-electron chi connectivity index (χ1n) is 7.59. The molecule has 0 unspecified atom stereocenters. The molecule has 1 aliphatic rings. The summed E-state index contributed by atoms with van der Waals surface area (Å²) in [5, 5.41) is 0. The van der Waals surface area contributed by atoms with Crippen LogP contribution >= 0.6 is 0 Å². The van der Waals surface area contributed by atoms with Crippen LogP contribution in [0.3, 0.4) is 0 Å². The first-order valence-corrected chi connectivity index (χ1v) is 7.59. The van der Waals surface area contributed by atoms with Crippen LogP contribution in [0, 0.1) is 0 Å². The lowest BCUT2D eigenvalue weighted by atomic mass is 10.1. The minimum atomic E-state index is 0.241. The number of carbonyl (C=O) groups excluding carboxylic acids is 1. The number of para-hydroxylation sites is 1. The molecule has 1 heterocycles. The zero-order valence-electron chi connectivity index (χ0n) is 12.1. The highest BCUT2D eigenvalue weighted by molar-refractivity contribution is 5.81. The second kappa shape index (κ2) is 7.90. The Morgan fingerprint density at radius 3 is 2.50 bits per heavy atom. The smallest absolute Gasteiger partial charge is 0.242 e. The summed E-state index contributed by atoms with van der Waals surface area (Å²) in [6.45, 7) is 3.78. The maximum atomic E-state index is 12.4. The molecule has 20 heavy (non-hydrogen) atoms. The van der Waals surface area contributed by atoms with Crippen molar-refractivity contribution in [3.05, 3.63) is 30.3 Å². The zero-order chi connectivity index (χ0) is 14.2. The Morgan fingerprint density at radius 1 is 1.15 bits per heavy atom. The minimum Gasteiger partial charge on any atom is -0.362 e. The summed E-state index contributed by atoms with van der Waals surface area (Å²) in [7, 11) is 0. The van der Waals surface area contributed by atoms with E-state index in [0.717, 1.165) is 44.6 Å². The summed E-state index contributed by atoms with van der Waals surface area (Å²) in [5.74, 6) is 0.241. The number of rotatable bonds is 6. The fourth-order valence-corrected chi connectivity index (χ4v) is 2.63. The van der Waals surface area contributed by atoms with Crippen molar-refractivity contribution in [2.24, 2.45) is 5.73 Å². The van der Waals surface area contributed by atoms with Crippen LogP contribution in [0.25, 0.3) is 0 Å². The molecule has 0 bridgehead atoms. The lowest BCUT2D eigenvalue weighted by Crippen LogP contribution is -2.43. The number of nitrogens with zero attached hydrogens (tertiary/aromatic N) is 2. The molecule has 2 N–H and O–H groups in total. The van der Waals surface area contributed by atoms with E-state index in [-0.39, 0.29) is 5.91 Å². The summed E-state index contributed by atoms with van der Waals surface area (Å²) >= 11 is 0. The van der Waals surface area contributed by atoms with E-state index in [1.54, 1.807) is 0 Å². The number of benzene rings is 1. The molecule has 1 fully saturated rings. The Balaban J connectivity index is 1.97. The number of nitrogens with two attached hydrogens (primary N) is 1. The van der Waals surface area contributed by atoms with Gasteiger partial charge in [0.2, 0.25) is 5.91 Å². The van der Waals surface area contributed by atoms with Gasteiger partial charge in [-0.25, -0.2) is 0 Å². The average molecular weight is 275 g/mol. The van der Waals surface area contributed by atoms with Crippen LogP contribution in [0.2, 0.25) is 0 Å². The molecule has 1 aromatic carbocycles. The normalized spacial score (nSPS) is 15.2. The van der Waals surface area contributed by atoms with E-state index < -0.39 is 0 Å². The van der Waals surface area contributed by atoms with Gasteiger partial charge in [0.1, 0.15) is 0 Å². The predicted octanol–water partition coefficient (Wildman–Crippen LogP) is 1.85. The molecule has 4 nitrogen and oxygen atoms in total. The topological polar surface area (TPSA) is 49.6 Å². The van der Waals surface area contributed by atoms with E-state index in [1.165, 1.54) is 6.42 Å². The van der Waals surface area contributed by atoms with Crippen molar-refractivity contribution in [2.75, 3.05) is 37.6 Å². The maximum absolute atomic E-state index is 12.4. The van der Waals surface area contributed by atoms with Crippen molar-refractivity contribution < 1.29 is 4.79 Å². The molecule has 1 amide bonds. The third-order valence-corrected chi connectivity index (χ3v) is 3.79. The molecule has 0 atom stereocenters. The fourth-order valence-electron chi connectivity index (χ4n) is 2.63. The van der Waals surface area contributed by atoms with Crippen molar-refractivity contribution in [3.63, 3.8) is 0 Å². The Bertz CT molecular complexity index is 401. The average Bonchev–Trinajstić information content (AvgIpc) is 2.53. The van der Waals surface area contributed by atoms with Crippen molar-refractivity contribution in [3.8, 4) is 0 Å². The molecule has 110 valence electrons. The molecule has 2 rings (SSSR count). The fraction of sp³-hybridized carbons (Fsp3) is 0.562. The second-order valence-corrected chi connectivity index (χ2v) is 5.34. The van der Waals surface area contributed by atoms with Crippen LogP contribution in [0.4, 0.5) is 5.69 Å². The first-order chi connectivity index (χ1) is 9.81. The Labute approximate surface area is 121 Å². The molecule has 1 aliphatic heterocycles. The van der Waals surface area contributed by atoms with Crippen molar-refractivity contribution in [1.29, 1.82) is 0 Å². The van der Waals surface area contributed by atoms with Gasteiger partial charge >= 0.3 is 0 Å². The van der Waals surface area contributed by atoms with E-state index in [1.807, 2.05) is 23.1 Å². The zero-order valence-corrected chi connectivity index (χ0v) is 12.1. The van der Waals surface area contributed by atoms with E-state index in [9.17, 15) is 4.79 Å². The SMILES string of the molecule is NCCCN(CC(=O)N1CCCCC1)c1ccccc1.